The number of ether oxygens (including phenoxy) is 2. The zero-order chi connectivity index (χ0) is 36.2. The van der Waals surface area contributed by atoms with Crippen molar-refractivity contribution in [3.8, 4) is 11.5 Å². The van der Waals surface area contributed by atoms with Gasteiger partial charge in [-0.15, -0.1) is 0 Å². The molecule has 0 aliphatic heterocycles. The van der Waals surface area contributed by atoms with Gasteiger partial charge < -0.3 is 29.9 Å². The Kier molecular flexibility index (Phi) is 18.6. The summed E-state index contributed by atoms with van der Waals surface area (Å²) < 4.78 is 10.4. The molecule has 4 aromatic rings. The van der Waals surface area contributed by atoms with Crippen LogP contribution >= 0.6 is 0 Å². The molecule has 0 heterocycles. The summed E-state index contributed by atoms with van der Waals surface area (Å²) in [4.78, 5) is 41.9. The lowest BCUT2D eigenvalue weighted by atomic mass is 9.78. The highest BCUT2D eigenvalue weighted by Gasteiger charge is 2.23. The molecule has 0 saturated carbocycles. The van der Waals surface area contributed by atoms with Crippen molar-refractivity contribution in [3.05, 3.63) is 130 Å². The Balaban J connectivity index is 0.000000664. The summed E-state index contributed by atoms with van der Waals surface area (Å²) in [6.07, 6.45) is 0. The van der Waals surface area contributed by atoms with Crippen LogP contribution in [0.4, 0.5) is 0 Å². The van der Waals surface area contributed by atoms with Gasteiger partial charge in [-0.05, 0) is 59.7 Å². The van der Waals surface area contributed by atoms with Gasteiger partial charge in [0.15, 0.2) is 0 Å². The first-order valence-corrected chi connectivity index (χ1v) is 14.7. The van der Waals surface area contributed by atoms with Gasteiger partial charge in [-0.25, -0.2) is 19.2 Å². The van der Waals surface area contributed by atoms with Crippen molar-refractivity contribution in [1.82, 2.24) is 0 Å². The van der Waals surface area contributed by atoms with Crippen molar-refractivity contribution in [2.24, 2.45) is 0 Å². The molecule has 0 spiro atoms. The third-order valence-corrected chi connectivity index (χ3v) is 6.40. The SMILES string of the molecule is CC.CC.COc1ccc(C(C)(C)c2ccc(OC)cc2)cc1.O=C(O)c1ccccc1C(=O)O.O=C(O)c1ccccc1C(=O)O. The predicted octanol–water partition coefficient (Wildman–Crippen LogP) is 8.25. The zero-order valence-corrected chi connectivity index (χ0v) is 28.0. The first-order valence-electron chi connectivity index (χ1n) is 14.7. The van der Waals surface area contributed by atoms with Gasteiger partial charge in [-0.3, -0.25) is 0 Å². The number of rotatable bonds is 8. The van der Waals surface area contributed by atoms with Gasteiger partial charge in [-0.2, -0.15) is 0 Å². The summed E-state index contributed by atoms with van der Waals surface area (Å²) in [7, 11) is 3.37. The van der Waals surface area contributed by atoms with E-state index in [1.165, 1.54) is 59.7 Å². The van der Waals surface area contributed by atoms with Crippen LogP contribution in [-0.2, 0) is 5.41 Å². The average Bonchev–Trinajstić information content (AvgIpc) is 3.10. The van der Waals surface area contributed by atoms with Gasteiger partial charge in [0, 0.05) is 5.41 Å². The van der Waals surface area contributed by atoms with E-state index in [9.17, 15) is 19.2 Å². The van der Waals surface area contributed by atoms with Crippen LogP contribution in [0.3, 0.4) is 0 Å². The number of benzene rings is 4. The molecule has 4 rings (SSSR count). The molecule has 0 aliphatic rings. The molecule has 0 saturated heterocycles. The van der Waals surface area contributed by atoms with E-state index < -0.39 is 23.9 Å². The summed E-state index contributed by atoms with van der Waals surface area (Å²) in [5, 5.41) is 34.2. The monoisotopic (exact) mass is 648 g/mol. The Bertz CT molecular complexity index is 1370. The maximum atomic E-state index is 10.5. The number of carboxylic acids is 4. The fraction of sp³-hybridized carbons (Fsp3) is 0.243. The molecule has 0 bridgehead atoms. The topological polar surface area (TPSA) is 168 Å². The van der Waals surface area contributed by atoms with E-state index in [0.29, 0.717) is 0 Å². The Morgan fingerprint density at radius 3 is 0.830 bits per heavy atom. The molecule has 0 atom stereocenters. The maximum absolute atomic E-state index is 10.5. The van der Waals surface area contributed by atoms with Crippen molar-refractivity contribution in [2.75, 3.05) is 14.2 Å². The quantitative estimate of drug-likeness (QED) is 0.146. The van der Waals surface area contributed by atoms with Crippen LogP contribution in [0, 0.1) is 0 Å². The first-order chi connectivity index (χ1) is 22.3. The van der Waals surface area contributed by atoms with Crippen molar-refractivity contribution in [1.29, 1.82) is 0 Å². The van der Waals surface area contributed by atoms with E-state index in [1.807, 2.05) is 52.0 Å². The minimum Gasteiger partial charge on any atom is -0.497 e. The lowest BCUT2D eigenvalue weighted by Gasteiger charge is -2.26. The van der Waals surface area contributed by atoms with Crippen molar-refractivity contribution >= 4 is 23.9 Å². The molecular weight excluding hydrogens is 604 g/mol. The minimum atomic E-state index is -1.23. The molecule has 4 aromatic carbocycles. The lowest BCUT2D eigenvalue weighted by Crippen LogP contribution is -2.18. The maximum Gasteiger partial charge on any atom is 0.336 e. The molecule has 252 valence electrons. The molecular formula is C37H44O10. The highest BCUT2D eigenvalue weighted by Crippen LogP contribution is 2.33. The standard InChI is InChI=1S/C17H20O2.2C8H6O4.2C2H6/c1-17(2,13-5-9-15(18-3)10-6-13)14-7-11-16(19-4)12-8-14;2*9-7(10)5-3-1-2-4-6(5)8(11)12;2*1-2/h5-12H,1-4H3;2*1-4H,(H,9,10)(H,11,12);2*1-2H3. The molecule has 0 fully saturated rings. The molecule has 10 heteroatoms. The van der Waals surface area contributed by atoms with E-state index in [4.69, 9.17) is 29.9 Å². The van der Waals surface area contributed by atoms with Crippen LogP contribution < -0.4 is 9.47 Å². The summed E-state index contributed by atoms with van der Waals surface area (Å²) in [6.45, 7) is 12.4. The van der Waals surface area contributed by atoms with Crippen LogP contribution in [0.1, 0.15) is 94.1 Å². The molecule has 4 N–H and O–H groups in total. The van der Waals surface area contributed by atoms with Gasteiger partial charge in [0.05, 0.1) is 36.5 Å². The third-order valence-electron chi connectivity index (χ3n) is 6.40. The molecule has 0 unspecified atom stereocenters. The fourth-order valence-electron chi connectivity index (χ4n) is 3.89. The lowest BCUT2D eigenvalue weighted by molar-refractivity contribution is 0.0651. The van der Waals surface area contributed by atoms with Crippen LogP contribution in [-0.4, -0.2) is 58.5 Å². The first kappa shape index (κ1) is 41.4. The molecule has 0 amide bonds. The smallest absolute Gasteiger partial charge is 0.336 e. The zero-order valence-electron chi connectivity index (χ0n) is 28.0. The summed E-state index contributed by atoms with van der Waals surface area (Å²) in [5.74, 6) is -3.15. The van der Waals surface area contributed by atoms with Crippen LogP contribution in [0.5, 0.6) is 11.5 Å². The van der Waals surface area contributed by atoms with E-state index in [0.717, 1.165) is 11.5 Å². The molecule has 0 aromatic heterocycles. The average molecular weight is 649 g/mol. The second-order valence-corrected chi connectivity index (χ2v) is 9.39. The van der Waals surface area contributed by atoms with Crippen molar-refractivity contribution in [3.63, 3.8) is 0 Å². The van der Waals surface area contributed by atoms with Crippen LogP contribution in [0.2, 0.25) is 0 Å². The molecule has 0 aliphatic carbocycles. The largest absolute Gasteiger partial charge is 0.497 e. The van der Waals surface area contributed by atoms with E-state index in [-0.39, 0.29) is 27.7 Å². The van der Waals surface area contributed by atoms with Gasteiger partial charge >= 0.3 is 23.9 Å². The number of hydrogen-bond donors (Lipinski definition) is 4. The summed E-state index contributed by atoms with van der Waals surface area (Å²) >= 11 is 0. The normalized spacial score (nSPS) is 9.53. The second kappa shape index (κ2) is 21.2. The summed E-state index contributed by atoms with van der Waals surface area (Å²) in [5.41, 5.74) is 1.72. The molecule has 10 nitrogen and oxygen atoms in total. The molecule has 0 radical (unpaired) electrons. The van der Waals surface area contributed by atoms with Crippen molar-refractivity contribution in [2.45, 2.75) is 47.0 Å². The van der Waals surface area contributed by atoms with Crippen molar-refractivity contribution < 1.29 is 49.1 Å². The fourth-order valence-corrected chi connectivity index (χ4v) is 3.89. The highest BCUT2D eigenvalue weighted by atomic mass is 16.5. The Hall–Kier alpha value is -5.64. The van der Waals surface area contributed by atoms with E-state index >= 15 is 0 Å². The van der Waals surface area contributed by atoms with Gasteiger partial charge in [0.25, 0.3) is 0 Å². The number of methoxy groups -OCH3 is 2. The predicted molar refractivity (Wildman–Crippen MR) is 182 cm³/mol. The minimum absolute atomic E-state index is 0.0431. The Morgan fingerprint density at radius 1 is 0.447 bits per heavy atom. The van der Waals surface area contributed by atoms with E-state index in [1.54, 1.807) is 14.2 Å². The van der Waals surface area contributed by atoms with Gasteiger partial charge in [0.2, 0.25) is 0 Å². The summed E-state index contributed by atoms with van der Waals surface area (Å²) in [6, 6.07) is 27.4. The number of hydrogen-bond acceptors (Lipinski definition) is 6. The van der Waals surface area contributed by atoms with Gasteiger partial charge in [-0.1, -0.05) is 90.1 Å². The van der Waals surface area contributed by atoms with Crippen LogP contribution in [0.25, 0.3) is 0 Å². The van der Waals surface area contributed by atoms with Gasteiger partial charge in [0.1, 0.15) is 11.5 Å². The second-order valence-electron chi connectivity index (χ2n) is 9.39. The number of carboxylic acid groups (broad SMARTS) is 4. The Labute approximate surface area is 275 Å². The Morgan fingerprint density at radius 2 is 0.660 bits per heavy atom. The number of aromatic carboxylic acids is 4. The van der Waals surface area contributed by atoms with E-state index in [2.05, 4.69) is 38.1 Å². The number of carbonyl (C=O) groups is 4. The highest BCUT2D eigenvalue weighted by molar-refractivity contribution is 6.02. The van der Waals surface area contributed by atoms with Crippen LogP contribution in [0.15, 0.2) is 97.1 Å². The molecule has 47 heavy (non-hydrogen) atoms. The third kappa shape index (κ3) is 12.7.